The van der Waals surface area contributed by atoms with Gasteiger partial charge in [-0.1, -0.05) is 0 Å². The van der Waals surface area contributed by atoms with Gasteiger partial charge in [0.25, 0.3) is 0 Å². The van der Waals surface area contributed by atoms with Crippen molar-refractivity contribution in [1.82, 2.24) is 0 Å². The smallest absolute Gasteiger partial charge is 0.389 e. The Labute approximate surface area is 64.7 Å². The van der Waals surface area contributed by atoms with E-state index in [0.29, 0.717) is 0 Å². The summed E-state index contributed by atoms with van der Waals surface area (Å²) in [4.78, 5) is 0. The van der Waals surface area contributed by atoms with Crippen molar-refractivity contribution in [2.45, 2.75) is 11.5 Å². The molecule has 0 spiro atoms. The van der Waals surface area contributed by atoms with E-state index in [-0.39, 0.29) is 0 Å². The minimum absolute atomic E-state index is 1.33. The predicted octanol–water partition coefficient (Wildman–Crippen LogP) is 1.42. The molecule has 0 aromatic carbocycles. The molecule has 0 amide bonds. The lowest BCUT2D eigenvalue weighted by Gasteiger charge is -2.16. The van der Waals surface area contributed by atoms with Crippen LogP contribution in [-0.4, -0.2) is 29.8 Å². The van der Waals surface area contributed by atoms with Gasteiger partial charge < -0.3 is 9.84 Å². The van der Waals surface area contributed by atoms with Gasteiger partial charge >= 0.3 is 11.5 Å². The van der Waals surface area contributed by atoms with Gasteiger partial charge in [-0.3, -0.25) is 0 Å². The van der Waals surface area contributed by atoms with E-state index in [9.17, 15) is 17.6 Å². The Kier molecular flexibility index (Phi) is 3.53. The standard InChI is InChI=1S/C4H5ClF4O2/c5-3(6,1-10)11-2-4(7,8)9/h10H,1-2H2. The first-order chi connectivity index (χ1) is 4.77. The number of aliphatic hydroxyl groups excluding tert-OH is 1. The fourth-order valence-corrected chi connectivity index (χ4v) is 0.288. The zero-order valence-electron chi connectivity index (χ0n) is 5.16. The first-order valence-electron chi connectivity index (χ1n) is 2.46. The average molecular weight is 197 g/mol. The molecule has 0 rings (SSSR count). The molecule has 1 atom stereocenters. The Bertz CT molecular complexity index is 124. The largest absolute Gasteiger partial charge is 0.411 e. The number of halogens is 5. The highest BCUT2D eigenvalue weighted by Gasteiger charge is 2.35. The lowest BCUT2D eigenvalue weighted by molar-refractivity contribution is -0.219. The average Bonchev–Trinajstić information content (AvgIpc) is 1.83. The normalized spacial score (nSPS) is 18.0. The van der Waals surface area contributed by atoms with Crippen LogP contribution in [-0.2, 0) is 4.74 Å². The van der Waals surface area contributed by atoms with E-state index in [0.717, 1.165) is 0 Å². The van der Waals surface area contributed by atoms with Crippen LogP contribution < -0.4 is 0 Å². The second-order valence-electron chi connectivity index (χ2n) is 1.70. The molecule has 68 valence electrons. The van der Waals surface area contributed by atoms with Crippen LogP contribution in [0.3, 0.4) is 0 Å². The summed E-state index contributed by atoms with van der Waals surface area (Å²) in [6.07, 6.45) is -4.65. The van der Waals surface area contributed by atoms with Gasteiger partial charge in [0.05, 0.1) is 0 Å². The van der Waals surface area contributed by atoms with Crippen LogP contribution >= 0.6 is 11.6 Å². The first-order valence-corrected chi connectivity index (χ1v) is 2.84. The highest BCUT2D eigenvalue weighted by molar-refractivity contribution is 6.21. The monoisotopic (exact) mass is 196 g/mol. The molecular formula is C4H5ClF4O2. The summed E-state index contributed by atoms with van der Waals surface area (Å²) < 4.78 is 49.5. The lowest BCUT2D eigenvalue weighted by atomic mass is 10.6. The van der Waals surface area contributed by atoms with Gasteiger partial charge in [0, 0.05) is 0 Å². The molecule has 0 aromatic heterocycles. The highest BCUT2D eigenvalue weighted by Crippen LogP contribution is 2.23. The molecule has 0 aliphatic rings. The summed E-state index contributed by atoms with van der Waals surface area (Å²) in [5.41, 5.74) is 0. The molecule has 0 aliphatic heterocycles. The predicted molar refractivity (Wildman–Crippen MR) is 28.8 cm³/mol. The molecule has 11 heavy (non-hydrogen) atoms. The van der Waals surface area contributed by atoms with Crippen molar-refractivity contribution in [2.24, 2.45) is 0 Å². The molecule has 0 saturated heterocycles. The molecule has 0 aromatic rings. The van der Waals surface area contributed by atoms with Gasteiger partial charge in [0.1, 0.15) is 13.2 Å². The third-order valence-corrected chi connectivity index (χ3v) is 0.860. The van der Waals surface area contributed by atoms with Crippen molar-refractivity contribution < 1.29 is 27.4 Å². The molecule has 2 nitrogen and oxygen atoms in total. The fourth-order valence-electron chi connectivity index (χ4n) is 0.233. The maximum absolute atomic E-state index is 12.1. The van der Waals surface area contributed by atoms with Gasteiger partial charge in [-0.2, -0.15) is 17.6 Å². The highest BCUT2D eigenvalue weighted by atomic mass is 35.5. The summed E-state index contributed by atoms with van der Waals surface area (Å²) >= 11 is 4.59. The van der Waals surface area contributed by atoms with Crippen LogP contribution in [0.5, 0.6) is 0 Å². The molecule has 7 heteroatoms. The van der Waals surface area contributed by atoms with Gasteiger partial charge in [0.15, 0.2) is 0 Å². The maximum atomic E-state index is 12.1. The van der Waals surface area contributed by atoms with Crippen molar-refractivity contribution in [3.8, 4) is 0 Å². The van der Waals surface area contributed by atoms with E-state index in [1.54, 1.807) is 0 Å². The number of rotatable bonds is 3. The summed E-state index contributed by atoms with van der Waals surface area (Å²) in [7, 11) is 0. The van der Waals surface area contributed by atoms with E-state index < -0.39 is 24.7 Å². The number of hydrogen-bond acceptors (Lipinski definition) is 2. The third-order valence-electron chi connectivity index (χ3n) is 0.631. The van der Waals surface area contributed by atoms with E-state index >= 15 is 0 Å². The van der Waals surface area contributed by atoms with Crippen molar-refractivity contribution in [2.75, 3.05) is 13.2 Å². The van der Waals surface area contributed by atoms with Gasteiger partial charge in [0.2, 0.25) is 0 Å². The molecule has 1 unspecified atom stereocenters. The minimum atomic E-state index is -4.65. The zero-order chi connectivity index (χ0) is 9.12. The molecule has 0 aliphatic carbocycles. The van der Waals surface area contributed by atoms with Crippen LogP contribution in [0.2, 0.25) is 0 Å². The van der Waals surface area contributed by atoms with Crippen molar-refractivity contribution >= 4 is 11.6 Å². The maximum Gasteiger partial charge on any atom is 0.411 e. The second kappa shape index (κ2) is 3.55. The second-order valence-corrected chi connectivity index (χ2v) is 2.26. The summed E-state index contributed by atoms with van der Waals surface area (Å²) in [5, 5.41) is 4.85. The van der Waals surface area contributed by atoms with Crippen molar-refractivity contribution in [3.63, 3.8) is 0 Å². The van der Waals surface area contributed by atoms with Crippen LogP contribution in [0, 0.1) is 0 Å². The van der Waals surface area contributed by atoms with Gasteiger partial charge in [-0.25, -0.2) is 0 Å². The van der Waals surface area contributed by atoms with Crippen LogP contribution in [0.1, 0.15) is 0 Å². The minimum Gasteiger partial charge on any atom is -0.389 e. The van der Waals surface area contributed by atoms with Gasteiger partial charge in [-0.15, -0.1) is 0 Å². The van der Waals surface area contributed by atoms with Crippen LogP contribution in [0.25, 0.3) is 0 Å². The Morgan fingerprint density at radius 1 is 1.27 bits per heavy atom. The fraction of sp³-hybridized carbons (Fsp3) is 1.00. The molecule has 0 radical (unpaired) electrons. The Morgan fingerprint density at radius 3 is 2.00 bits per heavy atom. The molecule has 0 fully saturated rings. The number of hydrogen-bond donors (Lipinski definition) is 1. The summed E-state index contributed by atoms with van der Waals surface area (Å²) in [5.74, 6) is 0. The van der Waals surface area contributed by atoms with Crippen LogP contribution in [0.4, 0.5) is 17.6 Å². The summed E-state index contributed by atoms with van der Waals surface area (Å²) in [6, 6.07) is 0. The van der Waals surface area contributed by atoms with Gasteiger partial charge in [-0.05, 0) is 11.6 Å². The first kappa shape index (κ1) is 10.9. The lowest BCUT2D eigenvalue weighted by Crippen LogP contribution is -2.30. The quantitative estimate of drug-likeness (QED) is 0.547. The Morgan fingerprint density at radius 2 is 1.73 bits per heavy atom. The van der Waals surface area contributed by atoms with E-state index in [4.69, 9.17) is 5.11 Å². The number of alkyl halides is 5. The Balaban J connectivity index is 3.70. The zero-order valence-corrected chi connectivity index (χ0v) is 5.92. The van der Waals surface area contributed by atoms with E-state index in [2.05, 4.69) is 16.3 Å². The van der Waals surface area contributed by atoms with Crippen LogP contribution in [0.15, 0.2) is 0 Å². The molecular weight excluding hydrogens is 191 g/mol. The topological polar surface area (TPSA) is 29.5 Å². The van der Waals surface area contributed by atoms with Crippen molar-refractivity contribution in [1.29, 1.82) is 0 Å². The third kappa shape index (κ3) is 6.33. The van der Waals surface area contributed by atoms with Crippen molar-refractivity contribution in [3.05, 3.63) is 0 Å². The Hall–Kier alpha value is -0.0700. The molecule has 1 N–H and O–H groups in total. The molecule has 0 bridgehead atoms. The van der Waals surface area contributed by atoms with E-state index in [1.807, 2.05) is 0 Å². The van der Waals surface area contributed by atoms with E-state index in [1.165, 1.54) is 0 Å². The number of ether oxygens (including phenoxy) is 1. The SMILES string of the molecule is OCC(F)(Cl)OCC(F)(F)F. The molecule has 0 heterocycles. The molecule has 0 saturated carbocycles. The summed E-state index contributed by atoms with van der Waals surface area (Å²) in [6.45, 7) is -3.15. The number of aliphatic hydroxyl groups is 1.